The van der Waals surface area contributed by atoms with Crippen molar-refractivity contribution in [2.24, 2.45) is 0 Å². The van der Waals surface area contributed by atoms with Crippen molar-refractivity contribution >= 4 is 17.6 Å². The highest BCUT2D eigenvalue weighted by atomic mass is 19.1. The van der Waals surface area contributed by atoms with Gasteiger partial charge in [0.05, 0.1) is 17.3 Å². The molecule has 0 bridgehead atoms. The normalized spacial score (nSPS) is 14.8. The van der Waals surface area contributed by atoms with Crippen molar-refractivity contribution in [1.82, 2.24) is 9.78 Å². The first-order valence-electron chi connectivity index (χ1n) is 7.44. The number of nitrogens with zero attached hydrogens (tertiary/aromatic N) is 2. The number of benzene rings is 1. The third-order valence-corrected chi connectivity index (χ3v) is 4.00. The largest absolute Gasteiger partial charge is 0.478 e. The Morgan fingerprint density at radius 1 is 1.26 bits per heavy atom. The number of hydrogen-bond donors (Lipinski definition) is 2. The monoisotopic (exact) mass is 317 g/mol. The van der Waals surface area contributed by atoms with E-state index in [4.69, 9.17) is 5.11 Å². The van der Waals surface area contributed by atoms with E-state index >= 15 is 0 Å². The predicted octanol–water partition coefficient (Wildman–Crippen LogP) is 3.09. The van der Waals surface area contributed by atoms with Crippen molar-refractivity contribution in [3.8, 4) is 0 Å². The number of anilines is 1. The Kier molecular flexibility index (Phi) is 4.10. The molecule has 1 aromatic heterocycles. The van der Waals surface area contributed by atoms with Gasteiger partial charge in [0, 0.05) is 6.20 Å². The SMILES string of the molecule is O=C(O)c1ccc(F)c(NC(=O)c2ccn(C3CCCC3)n2)c1. The lowest BCUT2D eigenvalue weighted by molar-refractivity contribution is 0.0696. The molecule has 23 heavy (non-hydrogen) atoms. The minimum Gasteiger partial charge on any atom is -0.478 e. The minimum absolute atomic E-state index is 0.0989. The fourth-order valence-corrected chi connectivity index (χ4v) is 2.77. The van der Waals surface area contributed by atoms with Crippen LogP contribution in [0.5, 0.6) is 0 Å². The van der Waals surface area contributed by atoms with Gasteiger partial charge in [-0.1, -0.05) is 12.8 Å². The van der Waals surface area contributed by atoms with E-state index in [0.717, 1.165) is 43.9 Å². The Morgan fingerprint density at radius 2 is 2.00 bits per heavy atom. The van der Waals surface area contributed by atoms with Crippen molar-refractivity contribution in [1.29, 1.82) is 0 Å². The summed E-state index contributed by atoms with van der Waals surface area (Å²) in [6.45, 7) is 0. The molecule has 1 saturated carbocycles. The third-order valence-electron chi connectivity index (χ3n) is 4.00. The lowest BCUT2D eigenvalue weighted by atomic mass is 10.2. The van der Waals surface area contributed by atoms with E-state index in [0.29, 0.717) is 6.04 Å². The second-order valence-corrected chi connectivity index (χ2v) is 5.57. The molecule has 1 aromatic carbocycles. The molecule has 0 aliphatic heterocycles. The molecule has 3 rings (SSSR count). The van der Waals surface area contributed by atoms with Gasteiger partial charge in [0.2, 0.25) is 0 Å². The maximum atomic E-state index is 13.7. The zero-order chi connectivity index (χ0) is 16.4. The molecule has 0 spiro atoms. The van der Waals surface area contributed by atoms with E-state index in [9.17, 15) is 14.0 Å². The Hall–Kier alpha value is -2.70. The molecule has 1 aliphatic rings. The molecule has 0 radical (unpaired) electrons. The lowest BCUT2D eigenvalue weighted by Gasteiger charge is -2.09. The van der Waals surface area contributed by atoms with Gasteiger partial charge in [-0.3, -0.25) is 9.48 Å². The van der Waals surface area contributed by atoms with Gasteiger partial charge in [0.25, 0.3) is 5.91 Å². The highest BCUT2D eigenvalue weighted by Crippen LogP contribution is 2.28. The summed E-state index contributed by atoms with van der Waals surface area (Å²) in [4.78, 5) is 23.1. The first kappa shape index (κ1) is 15.2. The molecule has 1 heterocycles. The van der Waals surface area contributed by atoms with Crippen LogP contribution in [0.2, 0.25) is 0 Å². The smallest absolute Gasteiger partial charge is 0.335 e. The van der Waals surface area contributed by atoms with Crippen LogP contribution in [0.3, 0.4) is 0 Å². The molecule has 2 aromatic rings. The molecule has 1 aliphatic carbocycles. The number of hydrogen-bond acceptors (Lipinski definition) is 3. The van der Waals surface area contributed by atoms with Crippen molar-refractivity contribution in [2.45, 2.75) is 31.7 Å². The number of carboxylic acids is 1. The average molecular weight is 317 g/mol. The van der Waals surface area contributed by atoms with Crippen LogP contribution in [0.25, 0.3) is 0 Å². The van der Waals surface area contributed by atoms with Crippen LogP contribution >= 0.6 is 0 Å². The predicted molar refractivity (Wildman–Crippen MR) is 81.0 cm³/mol. The first-order chi connectivity index (χ1) is 11.0. The van der Waals surface area contributed by atoms with Gasteiger partial charge in [-0.05, 0) is 37.1 Å². The molecule has 7 heteroatoms. The summed E-state index contributed by atoms with van der Waals surface area (Å²) in [5, 5.41) is 15.5. The molecule has 1 amide bonds. The molecule has 1 fully saturated rings. The molecule has 6 nitrogen and oxygen atoms in total. The van der Waals surface area contributed by atoms with Crippen LogP contribution in [0, 0.1) is 5.82 Å². The standard InChI is InChI=1S/C16H16FN3O3/c17-12-6-5-10(16(22)23)9-14(12)18-15(21)13-7-8-20(19-13)11-3-1-2-4-11/h5-9,11H,1-4H2,(H,18,21)(H,22,23). The zero-order valence-corrected chi connectivity index (χ0v) is 12.3. The number of carboxylic acid groups (broad SMARTS) is 1. The van der Waals surface area contributed by atoms with Crippen molar-refractivity contribution < 1.29 is 19.1 Å². The average Bonchev–Trinajstić information content (AvgIpc) is 3.20. The number of rotatable bonds is 4. The van der Waals surface area contributed by atoms with Crippen LogP contribution in [0.15, 0.2) is 30.5 Å². The van der Waals surface area contributed by atoms with E-state index in [2.05, 4.69) is 10.4 Å². The molecule has 120 valence electrons. The number of halogens is 1. The van der Waals surface area contributed by atoms with Crippen molar-refractivity contribution in [3.05, 3.63) is 47.5 Å². The maximum absolute atomic E-state index is 13.7. The molecule has 0 unspecified atom stereocenters. The molecule has 0 atom stereocenters. The second kappa shape index (κ2) is 6.20. The van der Waals surface area contributed by atoms with E-state index < -0.39 is 17.7 Å². The third kappa shape index (κ3) is 3.23. The van der Waals surface area contributed by atoms with Crippen LogP contribution in [-0.2, 0) is 0 Å². The number of carbonyl (C=O) groups is 2. The number of amides is 1. The zero-order valence-electron chi connectivity index (χ0n) is 12.3. The molecule has 0 saturated heterocycles. The highest BCUT2D eigenvalue weighted by molar-refractivity contribution is 6.03. The molecular formula is C16H16FN3O3. The summed E-state index contributed by atoms with van der Waals surface area (Å²) in [5.41, 5.74) is -0.0967. The van der Waals surface area contributed by atoms with Crippen LogP contribution < -0.4 is 5.32 Å². The van der Waals surface area contributed by atoms with Gasteiger partial charge >= 0.3 is 5.97 Å². The van der Waals surface area contributed by atoms with Gasteiger partial charge in [-0.25, -0.2) is 9.18 Å². The maximum Gasteiger partial charge on any atom is 0.335 e. The van der Waals surface area contributed by atoms with Crippen molar-refractivity contribution in [2.75, 3.05) is 5.32 Å². The Bertz CT molecular complexity index is 751. The highest BCUT2D eigenvalue weighted by Gasteiger charge is 2.20. The van der Waals surface area contributed by atoms with Crippen LogP contribution in [-0.4, -0.2) is 26.8 Å². The fourth-order valence-electron chi connectivity index (χ4n) is 2.77. The molecular weight excluding hydrogens is 301 g/mol. The van der Waals surface area contributed by atoms with Crippen molar-refractivity contribution in [3.63, 3.8) is 0 Å². The van der Waals surface area contributed by atoms with Gasteiger partial charge in [-0.2, -0.15) is 5.10 Å². The topological polar surface area (TPSA) is 84.2 Å². The first-order valence-corrected chi connectivity index (χ1v) is 7.44. The summed E-state index contributed by atoms with van der Waals surface area (Å²) >= 11 is 0. The van der Waals surface area contributed by atoms with Gasteiger partial charge in [-0.15, -0.1) is 0 Å². The quantitative estimate of drug-likeness (QED) is 0.907. The van der Waals surface area contributed by atoms with E-state index in [1.54, 1.807) is 16.9 Å². The number of carbonyl (C=O) groups excluding carboxylic acids is 1. The summed E-state index contributed by atoms with van der Waals surface area (Å²) in [6, 6.07) is 5.12. The Balaban J connectivity index is 1.76. The molecule has 2 N–H and O–H groups in total. The van der Waals surface area contributed by atoms with Gasteiger partial charge in [0.1, 0.15) is 5.82 Å². The Morgan fingerprint density at radius 3 is 2.70 bits per heavy atom. The van der Waals surface area contributed by atoms with Gasteiger partial charge in [0.15, 0.2) is 5.69 Å². The minimum atomic E-state index is -1.19. The number of aromatic carboxylic acids is 1. The van der Waals surface area contributed by atoms with E-state index in [-0.39, 0.29) is 16.9 Å². The summed E-state index contributed by atoms with van der Waals surface area (Å²) in [5.74, 6) is -2.45. The fraction of sp³-hybridized carbons (Fsp3) is 0.312. The van der Waals surface area contributed by atoms with E-state index in [1.807, 2.05) is 0 Å². The van der Waals surface area contributed by atoms with Gasteiger partial charge < -0.3 is 10.4 Å². The van der Waals surface area contributed by atoms with Crippen LogP contribution in [0.4, 0.5) is 10.1 Å². The van der Waals surface area contributed by atoms with Crippen LogP contribution in [0.1, 0.15) is 52.6 Å². The summed E-state index contributed by atoms with van der Waals surface area (Å²) < 4.78 is 15.5. The second-order valence-electron chi connectivity index (χ2n) is 5.57. The lowest BCUT2D eigenvalue weighted by Crippen LogP contribution is -2.15. The summed E-state index contributed by atoms with van der Waals surface area (Å²) in [7, 11) is 0. The van der Waals surface area contributed by atoms with E-state index in [1.165, 1.54) is 0 Å². The Labute approximate surface area is 131 Å². The summed E-state index contributed by atoms with van der Waals surface area (Å²) in [6.07, 6.45) is 6.13. The number of aromatic nitrogens is 2. The number of nitrogens with one attached hydrogen (secondary N) is 1.